The number of carbonyl (C=O) groups is 2. The van der Waals surface area contributed by atoms with Crippen LogP contribution < -0.4 is 14.8 Å². The summed E-state index contributed by atoms with van der Waals surface area (Å²) in [6.07, 6.45) is 0.0875. The second kappa shape index (κ2) is 9.78. The Kier molecular flexibility index (Phi) is 7.44. The van der Waals surface area contributed by atoms with E-state index in [0.29, 0.717) is 17.1 Å². The van der Waals surface area contributed by atoms with Gasteiger partial charge in [0, 0.05) is 0 Å². The third-order valence-corrected chi connectivity index (χ3v) is 3.74. The van der Waals surface area contributed by atoms with Crippen molar-refractivity contribution in [3.8, 4) is 11.5 Å². The van der Waals surface area contributed by atoms with Gasteiger partial charge in [-0.15, -0.1) is 0 Å². The lowest BCUT2D eigenvalue weighted by Gasteiger charge is -2.25. The molecule has 6 nitrogen and oxygen atoms in total. The van der Waals surface area contributed by atoms with Gasteiger partial charge in [-0.1, -0.05) is 42.5 Å². The molecule has 6 heteroatoms. The van der Waals surface area contributed by atoms with Gasteiger partial charge in [-0.25, -0.2) is 4.79 Å². The molecule has 0 bridgehead atoms. The van der Waals surface area contributed by atoms with Crippen LogP contribution in [0.3, 0.4) is 0 Å². The number of carbonyl (C=O) groups excluding carboxylic acids is 2. The van der Waals surface area contributed by atoms with Crippen molar-refractivity contribution in [3.63, 3.8) is 0 Å². The van der Waals surface area contributed by atoms with Crippen LogP contribution in [-0.4, -0.2) is 31.2 Å². The fourth-order valence-electron chi connectivity index (χ4n) is 2.51. The van der Waals surface area contributed by atoms with E-state index in [9.17, 15) is 9.59 Å². The smallest absolute Gasteiger partial charge is 0.333 e. The van der Waals surface area contributed by atoms with E-state index < -0.39 is 17.6 Å². The van der Waals surface area contributed by atoms with Gasteiger partial charge in [0.2, 0.25) is 5.91 Å². The number of ether oxygens (including phenoxy) is 3. The Morgan fingerprint density at radius 1 is 0.964 bits per heavy atom. The summed E-state index contributed by atoms with van der Waals surface area (Å²) in [5.41, 5.74) is 0.0118. The van der Waals surface area contributed by atoms with Crippen LogP contribution >= 0.6 is 0 Å². The normalized spacial score (nSPS) is 12.0. The number of para-hydroxylation sites is 2. The summed E-state index contributed by atoms with van der Waals surface area (Å²) in [7, 11) is 1.56. The summed E-state index contributed by atoms with van der Waals surface area (Å²) >= 11 is 0. The second-order valence-electron chi connectivity index (χ2n) is 7.19. The molecule has 1 amide bonds. The van der Waals surface area contributed by atoms with Gasteiger partial charge in [-0.2, -0.15) is 0 Å². The number of rotatable bonds is 8. The fraction of sp³-hybridized carbons (Fsp3) is 0.364. The van der Waals surface area contributed by atoms with Crippen molar-refractivity contribution in [3.05, 3.63) is 60.2 Å². The molecule has 2 aromatic carbocycles. The number of methoxy groups -OCH3 is 1. The van der Waals surface area contributed by atoms with E-state index in [1.54, 1.807) is 52.1 Å². The van der Waals surface area contributed by atoms with E-state index in [1.165, 1.54) is 0 Å². The molecule has 0 aliphatic heterocycles. The Hall–Kier alpha value is -3.02. The Bertz CT molecular complexity index is 783. The fourth-order valence-corrected chi connectivity index (χ4v) is 2.51. The average molecular weight is 385 g/mol. The highest BCUT2D eigenvalue weighted by atomic mass is 16.6. The number of nitrogens with one attached hydrogen (secondary N) is 1. The first kappa shape index (κ1) is 21.3. The molecule has 0 saturated carbocycles. The average Bonchev–Trinajstić information content (AvgIpc) is 2.65. The molecule has 0 spiro atoms. The van der Waals surface area contributed by atoms with Crippen molar-refractivity contribution >= 4 is 11.9 Å². The molecule has 150 valence electrons. The Morgan fingerprint density at radius 2 is 1.57 bits per heavy atom. The summed E-state index contributed by atoms with van der Waals surface area (Å²) in [5, 5.41) is 2.75. The summed E-state index contributed by atoms with van der Waals surface area (Å²) in [6.45, 7) is 5.52. The standard InChI is InChI=1S/C22H27NO5/c1-22(2,3)28-21(25)20(16-10-6-5-7-11-16)23-19(24)14-15-27-18-13-9-8-12-17(18)26-4/h5-13,20H,14-15H2,1-4H3,(H,23,24)/t20-/m0/s1. The zero-order valence-electron chi connectivity index (χ0n) is 16.7. The molecular formula is C22H27NO5. The highest BCUT2D eigenvalue weighted by Gasteiger charge is 2.28. The second-order valence-corrected chi connectivity index (χ2v) is 7.19. The number of hydrogen-bond acceptors (Lipinski definition) is 5. The maximum atomic E-state index is 12.6. The van der Waals surface area contributed by atoms with Gasteiger partial charge in [0.15, 0.2) is 17.5 Å². The van der Waals surface area contributed by atoms with Gasteiger partial charge >= 0.3 is 5.97 Å². The third kappa shape index (κ3) is 6.61. The first-order valence-electron chi connectivity index (χ1n) is 9.13. The largest absolute Gasteiger partial charge is 0.493 e. The summed E-state index contributed by atoms with van der Waals surface area (Å²) < 4.78 is 16.3. The lowest BCUT2D eigenvalue weighted by molar-refractivity contribution is -0.159. The van der Waals surface area contributed by atoms with Crippen LogP contribution in [0.25, 0.3) is 0 Å². The molecule has 0 saturated heterocycles. The molecule has 2 rings (SSSR count). The lowest BCUT2D eigenvalue weighted by Crippen LogP contribution is -2.38. The van der Waals surface area contributed by atoms with Crippen molar-refractivity contribution in [2.75, 3.05) is 13.7 Å². The van der Waals surface area contributed by atoms with Gasteiger partial charge in [0.25, 0.3) is 0 Å². The van der Waals surface area contributed by atoms with Crippen LogP contribution in [0.2, 0.25) is 0 Å². The van der Waals surface area contributed by atoms with Crippen LogP contribution in [0, 0.1) is 0 Å². The molecule has 1 N–H and O–H groups in total. The van der Waals surface area contributed by atoms with E-state index in [2.05, 4.69) is 5.32 Å². The predicted molar refractivity (Wildman–Crippen MR) is 106 cm³/mol. The van der Waals surface area contributed by atoms with E-state index in [1.807, 2.05) is 30.3 Å². The van der Waals surface area contributed by atoms with E-state index >= 15 is 0 Å². The van der Waals surface area contributed by atoms with Crippen molar-refractivity contribution in [2.24, 2.45) is 0 Å². The summed E-state index contributed by atoms with van der Waals surface area (Å²) in [5.74, 6) is 0.343. The van der Waals surface area contributed by atoms with E-state index in [4.69, 9.17) is 14.2 Å². The van der Waals surface area contributed by atoms with Crippen molar-refractivity contribution in [1.29, 1.82) is 0 Å². The van der Waals surface area contributed by atoms with Gasteiger partial charge in [-0.05, 0) is 38.5 Å². The molecule has 0 aliphatic carbocycles. The summed E-state index contributed by atoms with van der Waals surface area (Å²) in [4.78, 5) is 25.0. The molecular weight excluding hydrogens is 358 g/mol. The van der Waals surface area contributed by atoms with Crippen LogP contribution in [0.4, 0.5) is 0 Å². The van der Waals surface area contributed by atoms with Gasteiger partial charge in [0.1, 0.15) is 5.60 Å². The van der Waals surface area contributed by atoms with Gasteiger partial charge in [0.05, 0.1) is 20.1 Å². The van der Waals surface area contributed by atoms with Gasteiger partial charge < -0.3 is 19.5 Å². The Morgan fingerprint density at radius 3 is 2.18 bits per heavy atom. The topological polar surface area (TPSA) is 73.9 Å². The van der Waals surface area contributed by atoms with E-state index in [0.717, 1.165) is 0 Å². The maximum absolute atomic E-state index is 12.6. The summed E-state index contributed by atoms with van der Waals surface area (Å²) in [6, 6.07) is 15.4. The minimum absolute atomic E-state index is 0.0875. The zero-order chi connectivity index (χ0) is 20.6. The number of benzene rings is 2. The number of hydrogen-bond donors (Lipinski definition) is 1. The Balaban J connectivity index is 1.99. The molecule has 0 aliphatic rings. The lowest BCUT2D eigenvalue weighted by atomic mass is 10.1. The molecule has 0 fully saturated rings. The minimum Gasteiger partial charge on any atom is -0.493 e. The molecule has 0 unspecified atom stereocenters. The highest BCUT2D eigenvalue weighted by molar-refractivity contribution is 5.85. The highest BCUT2D eigenvalue weighted by Crippen LogP contribution is 2.25. The van der Waals surface area contributed by atoms with Crippen LogP contribution in [0.15, 0.2) is 54.6 Å². The first-order valence-corrected chi connectivity index (χ1v) is 9.13. The number of esters is 1. The predicted octanol–water partition coefficient (Wildman–Crippen LogP) is 3.66. The monoisotopic (exact) mass is 385 g/mol. The zero-order valence-corrected chi connectivity index (χ0v) is 16.7. The molecule has 28 heavy (non-hydrogen) atoms. The van der Waals surface area contributed by atoms with Crippen molar-refractivity contribution in [1.82, 2.24) is 5.32 Å². The molecule has 1 atom stereocenters. The quantitative estimate of drug-likeness (QED) is 0.702. The van der Waals surface area contributed by atoms with Crippen LogP contribution in [0.1, 0.15) is 38.8 Å². The van der Waals surface area contributed by atoms with Crippen LogP contribution in [-0.2, 0) is 14.3 Å². The van der Waals surface area contributed by atoms with Crippen LogP contribution in [0.5, 0.6) is 11.5 Å². The maximum Gasteiger partial charge on any atom is 0.333 e. The first-order chi connectivity index (χ1) is 13.3. The number of amides is 1. The molecule has 0 radical (unpaired) electrons. The molecule has 0 aromatic heterocycles. The minimum atomic E-state index is -0.876. The third-order valence-electron chi connectivity index (χ3n) is 3.74. The molecule has 2 aromatic rings. The van der Waals surface area contributed by atoms with E-state index in [-0.39, 0.29) is 18.9 Å². The molecule has 0 heterocycles. The van der Waals surface area contributed by atoms with Crippen molar-refractivity contribution in [2.45, 2.75) is 38.8 Å². The van der Waals surface area contributed by atoms with Gasteiger partial charge in [-0.3, -0.25) is 4.79 Å². The van der Waals surface area contributed by atoms with Crippen molar-refractivity contribution < 1.29 is 23.8 Å². The SMILES string of the molecule is COc1ccccc1OCCC(=O)N[C@H](C(=O)OC(C)(C)C)c1ccccc1. The Labute approximate surface area is 165 Å².